The molecule has 0 saturated heterocycles. The highest BCUT2D eigenvalue weighted by Gasteiger charge is 2.24. The van der Waals surface area contributed by atoms with Gasteiger partial charge in [0.25, 0.3) is 0 Å². The molecule has 1 aromatic heterocycles. The van der Waals surface area contributed by atoms with E-state index in [1.807, 2.05) is 35.2 Å². The zero-order valence-electron chi connectivity index (χ0n) is 18.1. The monoisotopic (exact) mass is 435 g/mol. The highest BCUT2D eigenvalue weighted by atomic mass is 19.1. The molecule has 7 heteroatoms. The van der Waals surface area contributed by atoms with Crippen molar-refractivity contribution in [2.24, 2.45) is 0 Å². The van der Waals surface area contributed by atoms with Crippen LogP contribution in [-0.2, 0) is 28.8 Å². The molecule has 1 amide bonds. The Morgan fingerprint density at radius 1 is 1.03 bits per heavy atom. The van der Waals surface area contributed by atoms with Gasteiger partial charge in [0.15, 0.2) is 5.82 Å². The lowest BCUT2D eigenvalue weighted by Gasteiger charge is -2.20. The molecule has 0 aliphatic carbocycles. The number of ether oxygens (including phenoxy) is 2. The van der Waals surface area contributed by atoms with Gasteiger partial charge in [0, 0.05) is 37.7 Å². The third-order valence-electron chi connectivity index (χ3n) is 5.46. The summed E-state index contributed by atoms with van der Waals surface area (Å²) >= 11 is 0. The van der Waals surface area contributed by atoms with Crippen molar-refractivity contribution in [2.45, 2.75) is 19.3 Å². The van der Waals surface area contributed by atoms with Crippen LogP contribution in [0.4, 0.5) is 4.39 Å². The highest BCUT2D eigenvalue weighted by Crippen LogP contribution is 2.27. The second kappa shape index (κ2) is 10.3. The largest absolute Gasteiger partial charge is 0.475 e. The zero-order valence-corrected chi connectivity index (χ0v) is 18.1. The van der Waals surface area contributed by atoms with Crippen LogP contribution >= 0.6 is 0 Å². The Labute approximate surface area is 187 Å². The molecule has 1 aliphatic rings. The molecule has 4 rings (SSSR count). The van der Waals surface area contributed by atoms with Crippen molar-refractivity contribution in [1.82, 2.24) is 14.9 Å². The second-order valence-electron chi connectivity index (χ2n) is 7.67. The molecule has 0 unspecified atom stereocenters. The molecule has 0 fully saturated rings. The van der Waals surface area contributed by atoms with E-state index in [0.717, 1.165) is 16.8 Å². The minimum absolute atomic E-state index is 0.0264. The number of hydrogen-bond donors (Lipinski definition) is 0. The SMILES string of the molecule is COCCOc1nc(-c2ccccc2)nc2c1CCN(C(=O)Cc1cccc(F)c1)CC2. The molecule has 1 aliphatic heterocycles. The lowest BCUT2D eigenvalue weighted by Crippen LogP contribution is -2.34. The summed E-state index contributed by atoms with van der Waals surface area (Å²) in [7, 11) is 1.63. The van der Waals surface area contributed by atoms with E-state index in [1.54, 1.807) is 19.2 Å². The molecule has 0 atom stereocenters. The maximum atomic E-state index is 13.5. The molecule has 0 radical (unpaired) electrons. The number of rotatable bonds is 7. The van der Waals surface area contributed by atoms with Crippen molar-refractivity contribution in [2.75, 3.05) is 33.4 Å². The van der Waals surface area contributed by atoms with Gasteiger partial charge in [-0.15, -0.1) is 0 Å². The summed E-state index contributed by atoms with van der Waals surface area (Å²) in [5, 5.41) is 0. The molecule has 0 N–H and O–H groups in total. The molecule has 0 spiro atoms. The average Bonchev–Trinajstić information content (AvgIpc) is 3.03. The first-order valence-corrected chi connectivity index (χ1v) is 10.7. The first-order chi connectivity index (χ1) is 15.6. The molecule has 0 saturated carbocycles. The van der Waals surface area contributed by atoms with Crippen LogP contribution in [0.15, 0.2) is 54.6 Å². The van der Waals surface area contributed by atoms with Crippen LogP contribution in [0.1, 0.15) is 16.8 Å². The second-order valence-corrected chi connectivity index (χ2v) is 7.67. The Bertz CT molecular complexity index is 1080. The summed E-state index contributed by atoms with van der Waals surface area (Å²) < 4.78 is 24.5. The Morgan fingerprint density at radius 2 is 1.84 bits per heavy atom. The lowest BCUT2D eigenvalue weighted by molar-refractivity contribution is -0.130. The number of hydrogen-bond acceptors (Lipinski definition) is 5. The zero-order chi connectivity index (χ0) is 22.3. The fraction of sp³-hybridized carbons (Fsp3) is 0.320. The summed E-state index contributed by atoms with van der Waals surface area (Å²) in [4.78, 5) is 24.2. The average molecular weight is 435 g/mol. The fourth-order valence-corrected chi connectivity index (χ4v) is 3.80. The topological polar surface area (TPSA) is 64.6 Å². The molecule has 3 aromatic rings. The van der Waals surface area contributed by atoms with E-state index in [0.29, 0.717) is 56.4 Å². The van der Waals surface area contributed by atoms with E-state index in [9.17, 15) is 9.18 Å². The predicted octanol–water partition coefficient (Wildman–Crippen LogP) is 3.48. The number of carbonyl (C=O) groups is 1. The van der Waals surface area contributed by atoms with E-state index in [2.05, 4.69) is 4.98 Å². The van der Waals surface area contributed by atoms with Gasteiger partial charge >= 0.3 is 0 Å². The standard InChI is InChI=1S/C25H26FN3O3/c1-31-14-15-32-25-21-10-12-29(23(30)17-18-6-5-9-20(26)16-18)13-11-22(21)27-24(28-25)19-7-3-2-4-8-19/h2-9,16H,10-15,17H2,1H3. The summed E-state index contributed by atoms with van der Waals surface area (Å²) in [5.41, 5.74) is 3.41. The fourth-order valence-electron chi connectivity index (χ4n) is 3.80. The van der Waals surface area contributed by atoms with Gasteiger partial charge < -0.3 is 14.4 Å². The Kier molecular flexibility index (Phi) is 7.07. The first kappa shape index (κ1) is 21.9. The van der Waals surface area contributed by atoms with Gasteiger partial charge in [-0.25, -0.2) is 9.37 Å². The molecule has 6 nitrogen and oxygen atoms in total. The van der Waals surface area contributed by atoms with Gasteiger partial charge in [-0.3, -0.25) is 4.79 Å². The number of benzene rings is 2. The Hall–Kier alpha value is -3.32. The van der Waals surface area contributed by atoms with Gasteiger partial charge in [0.2, 0.25) is 11.8 Å². The highest BCUT2D eigenvalue weighted by molar-refractivity contribution is 5.79. The van der Waals surface area contributed by atoms with Crippen molar-refractivity contribution >= 4 is 5.91 Å². The van der Waals surface area contributed by atoms with E-state index in [1.165, 1.54) is 12.1 Å². The van der Waals surface area contributed by atoms with Crippen molar-refractivity contribution in [3.63, 3.8) is 0 Å². The summed E-state index contributed by atoms with van der Waals surface area (Å²) in [6.45, 7) is 1.92. The van der Waals surface area contributed by atoms with Crippen LogP contribution in [-0.4, -0.2) is 54.2 Å². The molecule has 2 aromatic carbocycles. The van der Waals surface area contributed by atoms with Gasteiger partial charge in [0.1, 0.15) is 12.4 Å². The summed E-state index contributed by atoms with van der Waals surface area (Å²) in [6.07, 6.45) is 1.38. The minimum atomic E-state index is -0.333. The van der Waals surface area contributed by atoms with Crippen molar-refractivity contribution in [3.05, 3.63) is 77.2 Å². The van der Waals surface area contributed by atoms with Crippen LogP contribution in [0, 0.1) is 5.82 Å². The van der Waals surface area contributed by atoms with Crippen LogP contribution in [0.2, 0.25) is 0 Å². The molecular weight excluding hydrogens is 409 g/mol. The smallest absolute Gasteiger partial charge is 0.227 e. The normalized spacial score (nSPS) is 13.4. The predicted molar refractivity (Wildman–Crippen MR) is 119 cm³/mol. The van der Waals surface area contributed by atoms with Crippen LogP contribution in [0.25, 0.3) is 11.4 Å². The maximum Gasteiger partial charge on any atom is 0.227 e. The number of amides is 1. The lowest BCUT2D eigenvalue weighted by atomic mass is 10.1. The van der Waals surface area contributed by atoms with Gasteiger partial charge in [-0.1, -0.05) is 42.5 Å². The van der Waals surface area contributed by atoms with E-state index >= 15 is 0 Å². The van der Waals surface area contributed by atoms with Crippen molar-refractivity contribution in [3.8, 4) is 17.3 Å². The van der Waals surface area contributed by atoms with Crippen LogP contribution < -0.4 is 4.74 Å². The third-order valence-corrected chi connectivity index (χ3v) is 5.46. The van der Waals surface area contributed by atoms with Crippen LogP contribution in [0.3, 0.4) is 0 Å². The number of halogens is 1. The minimum Gasteiger partial charge on any atom is -0.475 e. The maximum absolute atomic E-state index is 13.5. The number of fused-ring (bicyclic) bond motifs is 1. The Morgan fingerprint density at radius 3 is 2.62 bits per heavy atom. The van der Waals surface area contributed by atoms with E-state index in [-0.39, 0.29) is 18.1 Å². The summed E-state index contributed by atoms with van der Waals surface area (Å²) in [5.74, 6) is 0.795. The van der Waals surface area contributed by atoms with Crippen molar-refractivity contribution < 1.29 is 18.7 Å². The third kappa shape index (κ3) is 5.29. The Balaban J connectivity index is 1.55. The van der Waals surface area contributed by atoms with E-state index < -0.39 is 0 Å². The quantitative estimate of drug-likeness (QED) is 0.532. The van der Waals surface area contributed by atoms with Crippen LogP contribution in [0.5, 0.6) is 5.88 Å². The number of methoxy groups -OCH3 is 1. The molecule has 2 heterocycles. The molecule has 166 valence electrons. The summed E-state index contributed by atoms with van der Waals surface area (Å²) in [6, 6.07) is 16.0. The molecule has 32 heavy (non-hydrogen) atoms. The number of carbonyl (C=O) groups excluding carboxylic acids is 1. The number of aromatic nitrogens is 2. The first-order valence-electron chi connectivity index (χ1n) is 10.7. The van der Waals surface area contributed by atoms with Gasteiger partial charge in [-0.2, -0.15) is 4.98 Å². The van der Waals surface area contributed by atoms with Crippen molar-refractivity contribution in [1.29, 1.82) is 0 Å². The van der Waals surface area contributed by atoms with Gasteiger partial charge in [-0.05, 0) is 24.1 Å². The van der Waals surface area contributed by atoms with E-state index in [4.69, 9.17) is 14.5 Å². The molecule has 0 bridgehead atoms. The van der Waals surface area contributed by atoms with Gasteiger partial charge in [0.05, 0.1) is 18.7 Å². The number of nitrogens with zero attached hydrogens (tertiary/aromatic N) is 3. The molecular formula is C25H26FN3O3.